The van der Waals surface area contributed by atoms with E-state index in [2.05, 4.69) is 66.3 Å². The van der Waals surface area contributed by atoms with Crippen LogP contribution in [0.15, 0.2) is 28.7 Å². The first-order chi connectivity index (χ1) is 8.49. The molecule has 18 heavy (non-hydrogen) atoms. The lowest BCUT2D eigenvalue weighted by molar-refractivity contribution is 0.0559. The summed E-state index contributed by atoms with van der Waals surface area (Å²) in [6.45, 7) is 9.20. The van der Waals surface area contributed by atoms with Gasteiger partial charge in [0.05, 0.1) is 0 Å². The van der Waals surface area contributed by atoms with E-state index in [1.165, 1.54) is 29.3 Å². The highest BCUT2D eigenvalue weighted by molar-refractivity contribution is 9.10. The SMILES string of the molecule is CCCNCC1(c2ccccc2Br)CC(C)(C)C1. The van der Waals surface area contributed by atoms with Gasteiger partial charge in [-0.25, -0.2) is 0 Å². The van der Waals surface area contributed by atoms with E-state index in [4.69, 9.17) is 0 Å². The predicted octanol–water partition coefficient (Wildman–Crippen LogP) is 4.51. The molecule has 1 nitrogen and oxygen atoms in total. The third kappa shape index (κ3) is 2.80. The Hall–Kier alpha value is -0.340. The number of nitrogens with one attached hydrogen (secondary N) is 1. The van der Waals surface area contributed by atoms with Gasteiger partial charge < -0.3 is 5.32 Å². The molecular formula is C16H24BrN. The summed E-state index contributed by atoms with van der Waals surface area (Å²) in [7, 11) is 0. The summed E-state index contributed by atoms with van der Waals surface area (Å²) < 4.78 is 1.26. The van der Waals surface area contributed by atoms with Crippen molar-refractivity contribution in [3.05, 3.63) is 34.3 Å². The summed E-state index contributed by atoms with van der Waals surface area (Å²) >= 11 is 3.73. The molecule has 2 heteroatoms. The number of rotatable bonds is 5. The van der Waals surface area contributed by atoms with Crippen LogP contribution in [0.5, 0.6) is 0 Å². The molecule has 1 aromatic rings. The second-order valence-corrected chi connectivity index (χ2v) is 7.31. The maximum Gasteiger partial charge on any atom is 0.0213 e. The number of benzene rings is 1. The van der Waals surface area contributed by atoms with Crippen LogP contribution in [-0.2, 0) is 5.41 Å². The normalized spacial score (nSPS) is 20.4. The lowest BCUT2D eigenvalue weighted by Gasteiger charge is -2.54. The molecule has 0 unspecified atom stereocenters. The molecule has 0 saturated heterocycles. The Bertz CT molecular complexity index is 403. The summed E-state index contributed by atoms with van der Waals surface area (Å²) in [4.78, 5) is 0. The molecule has 1 aliphatic rings. The standard InChI is InChI=1S/C16H24BrN/c1-4-9-18-12-16(10-15(2,3)11-16)13-7-5-6-8-14(13)17/h5-8,18H,4,9-12H2,1-3H3. The van der Waals surface area contributed by atoms with E-state index in [1.54, 1.807) is 0 Å². The van der Waals surface area contributed by atoms with Crippen LogP contribution < -0.4 is 5.32 Å². The lowest BCUT2D eigenvalue weighted by Crippen LogP contribution is -2.52. The Balaban J connectivity index is 2.19. The van der Waals surface area contributed by atoms with Gasteiger partial charge in [0.2, 0.25) is 0 Å². The van der Waals surface area contributed by atoms with Crippen LogP contribution in [0, 0.1) is 5.41 Å². The van der Waals surface area contributed by atoms with Crippen LogP contribution in [0.1, 0.15) is 45.6 Å². The van der Waals surface area contributed by atoms with Gasteiger partial charge in [-0.2, -0.15) is 0 Å². The highest BCUT2D eigenvalue weighted by Gasteiger charge is 2.50. The highest BCUT2D eigenvalue weighted by Crippen LogP contribution is 2.56. The predicted molar refractivity (Wildman–Crippen MR) is 82.0 cm³/mol. The van der Waals surface area contributed by atoms with E-state index in [9.17, 15) is 0 Å². The third-order valence-corrected chi connectivity index (χ3v) is 4.66. The molecule has 0 spiro atoms. The van der Waals surface area contributed by atoms with Gasteiger partial charge in [0.25, 0.3) is 0 Å². The van der Waals surface area contributed by atoms with Crippen LogP contribution in [0.4, 0.5) is 0 Å². The molecule has 1 fully saturated rings. The molecule has 2 rings (SSSR count). The summed E-state index contributed by atoms with van der Waals surface area (Å²) in [5.41, 5.74) is 2.30. The fraction of sp³-hybridized carbons (Fsp3) is 0.625. The van der Waals surface area contributed by atoms with Crippen molar-refractivity contribution in [3.8, 4) is 0 Å². The van der Waals surface area contributed by atoms with Gasteiger partial charge in [-0.1, -0.05) is 54.9 Å². The summed E-state index contributed by atoms with van der Waals surface area (Å²) in [5, 5.41) is 3.62. The van der Waals surface area contributed by atoms with Crippen LogP contribution in [0.25, 0.3) is 0 Å². The first-order valence-electron chi connectivity index (χ1n) is 6.95. The van der Waals surface area contributed by atoms with Crippen molar-refractivity contribution in [2.45, 2.75) is 45.4 Å². The topological polar surface area (TPSA) is 12.0 Å². The Kier molecular flexibility index (Phi) is 4.18. The number of hydrogen-bond acceptors (Lipinski definition) is 1. The highest BCUT2D eigenvalue weighted by atomic mass is 79.9. The van der Waals surface area contributed by atoms with Gasteiger partial charge >= 0.3 is 0 Å². The Labute approximate surface area is 119 Å². The minimum absolute atomic E-state index is 0.332. The van der Waals surface area contributed by atoms with Crippen molar-refractivity contribution in [2.24, 2.45) is 5.41 Å². The van der Waals surface area contributed by atoms with Gasteiger partial charge in [-0.3, -0.25) is 0 Å². The van der Waals surface area contributed by atoms with E-state index in [1.807, 2.05) is 0 Å². The van der Waals surface area contributed by atoms with Gasteiger partial charge in [-0.05, 0) is 42.9 Å². The number of hydrogen-bond donors (Lipinski definition) is 1. The van der Waals surface area contributed by atoms with Crippen LogP contribution >= 0.6 is 15.9 Å². The van der Waals surface area contributed by atoms with Crippen molar-refractivity contribution >= 4 is 15.9 Å². The molecule has 1 aromatic carbocycles. The molecule has 1 saturated carbocycles. The zero-order chi connectivity index (χ0) is 13.2. The van der Waals surface area contributed by atoms with Crippen molar-refractivity contribution in [2.75, 3.05) is 13.1 Å². The molecule has 1 N–H and O–H groups in total. The number of halogens is 1. The van der Waals surface area contributed by atoms with E-state index in [0.717, 1.165) is 13.1 Å². The molecular weight excluding hydrogens is 286 g/mol. The molecule has 1 aliphatic carbocycles. The molecule has 0 heterocycles. The maximum absolute atomic E-state index is 3.73. The molecule has 0 atom stereocenters. The summed E-state index contributed by atoms with van der Waals surface area (Å²) in [5.74, 6) is 0. The van der Waals surface area contributed by atoms with E-state index in [-0.39, 0.29) is 0 Å². The fourth-order valence-corrected chi connectivity index (χ4v) is 4.29. The van der Waals surface area contributed by atoms with Gasteiger partial charge in [0.15, 0.2) is 0 Å². The van der Waals surface area contributed by atoms with Gasteiger partial charge in [0, 0.05) is 16.4 Å². The van der Waals surface area contributed by atoms with Gasteiger partial charge in [-0.15, -0.1) is 0 Å². The summed E-state index contributed by atoms with van der Waals surface area (Å²) in [6, 6.07) is 8.72. The Morgan fingerprint density at radius 2 is 1.89 bits per heavy atom. The molecule has 0 amide bonds. The monoisotopic (exact) mass is 309 g/mol. The minimum atomic E-state index is 0.332. The van der Waals surface area contributed by atoms with E-state index < -0.39 is 0 Å². The van der Waals surface area contributed by atoms with Crippen molar-refractivity contribution < 1.29 is 0 Å². The molecule has 0 bridgehead atoms. The average Bonchev–Trinajstić information content (AvgIpc) is 2.27. The second-order valence-electron chi connectivity index (χ2n) is 6.45. The zero-order valence-electron chi connectivity index (χ0n) is 11.7. The summed E-state index contributed by atoms with van der Waals surface area (Å²) in [6.07, 6.45) is 3.76. The minimum Gasteiger partial charge on any atom is -0.316 e. The fourth-order valence-electron chi connectivity index (χ4n) is 3.59. The third-order valence-electron chi connectivity index (χ3n) is 3.97. The van der Waals surface area contributed by atoms with E-state index >= 15 is 0 Å². The molecule has 0 aromatic heterocycles. The lowest BCUT2D eigenvalue weighted by atomic mass is 9.52. The Morgan fingerprint density at radius 3 is 2.44 bits per heavy atom. The first kappa shape index (κ1) is 14.1. The molecule has 0 aliphatic heterocycles. The molecule has 100 valence electrons. The van der Waals surface area contributed by atoms with Crippen molar-refractivity contribution in [1.82, 2.24) is 5.32 Å². The maximum atomic E-state index is 3.73. The zero-order valence-corrected chi connectivity index (χ0v) is 13.3. The first-order valence-corrected chi connectivity index (χ1v) is 7.74. The van der Waals surface area contributed by atoms with Crippen molar-refractivity contribution in [3.63, 3.8) is 0 Å². The smallest absolute Gasteiger partial charge is 0.0213 e. The van der Waals surface area contributed by atoms with Crippen molar-refractivity contribution in [1.29, 1.82) is 0 Å². The Morgan fingerprint density at radius 1 is 1.22 bits per heavy atom. The average molecular weight is 310 g/mol. The van der Waals surface area contributed by atoms with Crippen LogP contribution in [-0.4, -0.2) is 13.1 Å². The van der Waals surface area contributed by atoms with Crippen LogP contribution in [0.2, 0.25) is 0 Å². The second kappa shape index (κ2) is 5.34. The van der Waals surface area contributed by atoms with E-state index in [0.29, 0.717) is 10.8 Å². The largest absolute Gasteiger partial charge is 0.316 e. The van der Waals surface area contributed by atoms with Gasteiger partial charge in [0.1, 0.15) is 0 Å². The molecule has 0 radical (unpaired) electrons. The quantitative estimate of drug-likeness (QED) is 0.789. The van der Waals surface area contributed by atoms with Crippen LogP contribution in [0.3, 0.4) is 0 Å².